The van der Waals surface area contributed by atoms with Crippen LogP contribution >= 0.6 is 11.8 Å². The smallest absolute Gasteiger partial charge is 0.232 e. The highest BCUT2D eigenvalue weighted by Gasteiger charge is 2.11. The van der Waals surface area contributed by atoms with E-state index >= 15 is 0 Å². The van der Waals surface area contributed by atoms with Crippen LogP contribution in [0.3, 0.4) is 0 Å². The quantitative estimate of drug-likeness (QED) is 0.773. The summed E-state index contributed by atoms with van der Waals surface area (Å²) in [7, 11) is 1.66. The second kappa shape index (κ2) is 5.05. The van der Waals surface area contributed by atoms with Crippen LogP contribution in [0.4, 0.5) is 0 Å². The molecule has 0 radical (unpaired) electrons. The van der Waals surface area contributed by atoms with Crippen LogP contribution in [-0.4, -0.2) is 18.2 Å². The summed E-state index contributed by atoms with van der Waals surface area (Å²) in [6.45, 7) is 3.96. The summed E-state index contributed by atoms with van der Waals surface area (Å²) < 4.78 is 0. The molecule has 1 N–H and O–H groups in total. The third-order valence-corrected chi connectivity index (χ3v) is 3.06. The van der Waals surface area contributed by atoms with E-state index in [-0.39, 0.29) is 11.2 Å². The molecule has 0 unspecified atom stereocenters. The fraction of sp³-hybridized carbons (Fsp3) is 0.364. The monoisotopic (exact) mass is 209 g/mol. The van der Waals surface area contributed by atoms with Gasteiger partial charge in [0.2, 0.25) is 5.91 Å². The van der Waals surface area contributed by atoms with E-state index in [0.29, 0.717) is 0 Å². The first kappa shape index (κ1) is 11.1. The molecule has 0 fully saturated rings. The minimum absolute atomic E-state index is 0.0392. The van der Waals surface area contributed by atoms with Crippen molar-refractivity contribution in [3.05, 3.63) is 29.8 Å². The number of aryl methyl sites for hydroxylation is 1. The number of rotatable bonds is 3. The van der Waals surface area contributed by atoms with Crippen molar-refractivity contribution in [3.63, 3.8) is 0 Å². The average Bonchev–Trinajstić information content (AvgIpc) is 2.20. The molecule has 0 spiro atoms. The second-order valence-electron chi connectivity index (χ2n) is 3.19. The Morgan fingerprint density at radius 3 is 2.43 bits per heavy atom. The van der Waals surface area contributed by atoms with Crippen molar-refractivity contribution in [1.29, 1.82) is 0 Å². The van der Waals surface area contributed by atoms with E-state index in [1.165, 1.54) is 5.56 Å². The van der Waals surface area contributed by atoms with Gasteiger partial charge in [0.1, 0.15) is 0 Å². The van der Waals surface area contributed by atoms with Gasteiger partial charge in [0, 0.05) is 11.9 Å². The predicted molar refractivity (Wildman–Crippen MR) is 60.6 cm³/mol. The normalized spacial score (nSPS) is 12.2. The molecule has 0 saturated carbocycles. The summed E-state index contributed by atoms with van der Waals surface area (Å²) in [6, 6.07) is 8.19. The van der Waals surface area contributed by atoms with Crippen molar-refractivity contribution in [2.45, 2.75) is 24.0 Å². The van der Waals surface area contributed by atoms with Gasteiger partial charge in [-0.2, -0.15) is 0 Å². The van der Waals surface area contributed by atoms with Crippen molar-refractivity contribution >= 4 is 17.7 Å². The molecule has 2 nitrogen and oxygen atoms in total. The third kappa shape index (κ3) is 3.07. The molecule has 0 saturated heterocycles. The number of hydrogen-bond acceptors (Lipinski definition) is 2. The molecular weight excluding hydrogens is 194 g/mol. The van der Waals surface area contributed by atoms with Gasteiger partial charge in [-0.15, -0.1) is 11.8 Å². The molecule has 0 bridgehead atoms. The van der Waals surface area contributed by atoms with Gasteiger partial charge in [-0.1, -0.05) is 17.7 Å². The van der Waals surface area contributed by atoms with E-state index in [1.54, 1.807) is 18.8 Å². The lowest BCUT2D eigenvalue weighted by atomic mass is 10.2. The van der Waals surface area contributed by atoms with Crippen molar-refractivity contribution < 1.29 is 4.79 Å². The van der Waals surface area contributed by atoms with Crippen molar-refractivity contribution in [2.24, 2.45) is 0 Å². The number of carbonyl (C=O) groups is 1. The van der Waals surface area contributed by atoms with Crippen LogP contribution in [0.5, 0.6) is 0 Å². The average molecular weight is 209 g/mol. The van der Waals surface area contributed by atoms with E-state index in [0.717, 1.165) is 4.90 Å². The zero-order valence-electron chi connectivity index (χ0n) is 8.70. The van der Waals surface area contributed by atoms with Gasteiger partial charge in [-0.05, 0) is 26.0 Å². The van der Waals surface area contributed by atoms with Gasteiger partial charge in [-0.25, -0.2) is 0 Å². The first-order chi connectivity index (χ1) is 6.63. The molecule has 1 amide bonds. The Hall–Kier alpha value is -0.960. The van der Waals surface area contributed by atoms with Gasteiger partial charge in [0.15, 0.2) is 0 Å². The summed E-state index contributed by atoms with van der Waals surface area (Å²) in [4.78, 5) is 12.4. The van der Waals surface area contributed by atoms with E-state index in [9.17, 15) is 4.79 Å². The standard InChI is InChI=1S/C11H15NOS/c1-8-4-6-10(7-5-8)14-9(2)11(13)12-3/h4-7,9H,1-3H3,(H,12,13)/t9-/m1/s1. The van der Waals surface area contributed by atoms with Crippen LogP contribution in [0, 0.1) is 6.92 Å². The Labute approximate surface area is 89.1 Å². The summed E-state index contributed by atoms with van der Waals surface area (Å²) in [5, 5.41) is 2.60. The fourth-order valence-corrected chi connectivity index (χ4v) is 2.00. The zero-order chi connectivity index (χ0) is 10.6. The molecule has 0 aliphatic carbocycles. The summed E-state index contributed by atoms with van der Waals surface area (Å²) in [5.41, 5.74) is 1.24. The highest BCUT2D eigenvalue weighted by Crippen LogP contribution is 2.23. The lowest BCUT2D eigenvalue weighted by Gasteiger charge is -2.09. The number of thioether (sulfide) groups is 1. The summed E-state index contributed by atoms with van der Waals surface area (Å²) >= 11 is 1.57. The first-order valence-corrected chi connectivity index (χ1v) is 5.46. The first-order valence-electron chi connectivity index (χ1n) is 4.58. The summed E-state index contributed by atoms with van der Waals surface area (Å²) in [5.74, 6) is 0.0653. The molecule has 1 atom stereocenters. The van der Waals surface area contributed by atoms with Crippen LogP contribution in [0.15, 0.2) is 29.2 Å². The molecule has 0 aliphatic rings. The lowest BCUT2D eigenvalue weighted by Crippen LogP contribution is -2.27. The van der Waals surface area contributed by atoms with E-state index < -0.39 is 0 Å². The number of nitrogens with one attached hydrogen (secondary N) is 1. The van der Waals surface area contributed by atoms with Crippen LogP contribution in [0.2, 0.25) is 0 Å². The number of amides is 1. The van der Waals surface area contributed by atoms with Crippen molar-refractivity contribution in [3.8, 4) is 0 Å². The Bertz CT molecular complexity index is 308. The maximum atomic E-state index is 11.3. The Morgan fingerprint density at radius 2 is 1.93 bits per heavy atom. The number of benzene rings is 1. The molecule has 1 aromatic rings. The molecule has 76 valence electrons. The van der Waals surface area contributed by atoms with Crippen LogP contribution < -0.4 is 5.32 Å². The molecule has 1 aromatic carbocycles. The maximum Gasteiger partial charge on any atom is 0.232 e. The number of hydrogen-bond donors (Lipinski definition) is 1. The van der Waals surface area contributed by atoms with Crippen molar-refractivity contribution in [2.75, 3.05) is 7.05 Å². The maximum absolute atomic E-state index is 11.3. The molecule has 0 aromatic heterocycles. The highest BCUT2D eigenvalue weighted by atomic mass is 32.2. The molecule has 14 heavy (non-hydrogen) atoms. The van der Waals surface area contributed by atoms with Gasteiger partial charge in [0.25, 0.3) is 0 Å². The molecule has 1 rings (SSSR count). The number of carbonyl (C=O) groups excluding carboxylic acids is 1. The Kier molecular flexibility index (Phi) is 4.01. The molecular formula is C11H15NOS. The van der Waals surface area contributed by atoms with Crippen LogP contribution in [0.25, 0.3) is 0 Å². The van der Waals surface area contributed by atoms with Gasteiger partial charge in [0.05, 0.1) is 5.25 Å². The van der Waals surface area contributed by atoms with Gasteiger partial charge >= 0.3 is 0 Å². The topological polar surface area (TPSA) is 29.1 Å². The highest BCUT2D eigenvalue weighted by molar-refractivity contribution is 8.00. The van der Waals surface area contributed by atoms with E-state index in [1.807, 2.05) is 19.1 Å². The fourth-order valence-electron chi connectivity index (χ4n) is 1.08. The summed E-state index contributed by atoms with van der Waals surface area (Å²) in [6.07, 6.45) is 0. The van der Waals surface area contributed by atoms with Crippen LogP contribution in [0.1, 0.15) is 12.5 Å². The minimum Gasteiger partial charge on any atom is -0.358 e. The van der Waals surface area contributed by atoms with E-state index in [2.05, 4.69) is 24.4 Å². The third-order valence-electron chi connectivity index (χ3n) is 1.95. The zero-order valence-corrected chi connectivity index (χ0v) is 9.52. The van der Waals surface area contributed by atoms with E-state index in [4.69, 9.17) is 0 Å². The lowest BCUT2D eigenvalue weighted by molar-refractivity contribution is -0.119. The second-order valence-corrected chi connectivity index (χ2v) is 4.60. The Balaban J connectivity index is 2.60. The van der Waals surface area contributed by atoms with Crippen LogP contribution in [-0.2, 0) is 4.79 Å². The van der Waals surface area contributed by atoms with Gasteiger partial charge in [-0.3, -0.25) is 4.79 Å². The molecule has 0 heterocycles. The molecule has 0 aliphatic heterocycles. The molecule has 3 heteroatoms. The SMILES string of the molecule is CNC(=O)[C@@H](C)Sc1ccc(C)cc1. The minimum atomic E-state index is -0.0392. The predicted octanol–water partition coefficient (Wildman–Crippen LogP) is 2.22. The van der Waals surface area contributed by atoms with Crippen molar-refractivity contribution in [1.82, 2.24) is 5.32 Å². The van der Waals surface area contributed by atoms with Gasteiger partial charge < -0.3 is 5.32 Å². The largest absolute Gasteiger partial charge is 0.358 e. The Morgan fingerprint density at radius 1 is 1.36 bits per heavy atom.